The van der Waals surface area contributed by atoms with E-state index in [2.05, 4.69) is 5.32 Å². The van der Waals surface area contributed by atoms with Crippen LogP contribution in [0.4, 0.5) is 11.4 Å². The van der Waals surface area contributed by atoms with Crippen LogP contribution in [0.3, 0.4) is 0 Å². The fraction of sp³-hybridized carbons (Fsp3) is 0.227. The quantitative estimate of drug-likeness (QED) is 0.747. The Bertz CT molecular complexity index is 1180. The fourth-order valence-corrected chi connectivity index (χ4v) is 4.13. The minimum atomic E-state index is -0.463. The van der Waals surface area contributed by atoms with Crippen LogP contribution in [0.25, 0.3) is 11.0 Å². The second kappa shape index (κ2) is 6.34. The van der Waals surface area contributed by atoms with Crippen LogP contribution in [-0.2, 0) is 17.6 Å². The number of benzene rings is 2. The van der Waals surface area contributed by atoms with Crippen molar-refractivity contribution in [3.63, 3.8) is 0 Å². The van der Waals surface area contributed by atoms with Gasteiger partial charge in [-0.2, -0.15) is 0 Å². The monoisotopic (exact) mass is 374 g/mol. The summed E-state index contributed by atoms with van der Waals surface area (Å²) in [6.45, 7) is 0.757. The van der Waals surface area contributed by atoms with E-state index in [0.717, 1.165) is 36.2 Å². The van der Waals surface area contributed by atoms with Crippen molar-refractivity contribution in [1.29, 1.82) is 0 Å². The van der Waals surface area contributed by atoms with Crippen LogP contribution in [0, 0.1) is 0 Å². The van der Waals surface area contributed by atoms with Gasteiger partial charge >= 0.3 is 0 Å². The number of fused-ring (bicyclic) bond motifs is 1. The van der Waals surface area contributed by atoms with Gasteiger partial charge in [0.2, 0.25) is 5.91 Å². The lowest BCUT2D eigenvalue weighted by Gasteiger charge is -2.35. The van der Waals surface area contributed by atoms with Crippen LogP contribution in [0.2, 0.25) is 0 Å². The summed E-state index contributed by atoms with van der Waals surface area (Å²) in [5.41, 5.74) is 3.96. The number of carbonyl (C=O) groups excluding carboxylic acids is 2. The molecule has 2 aliphatic rings. The Morgan fingerprint density at radius 1 is 1.00 bits per heavy atom. The predicted octanol–water partition coefficient (Wildman–Crippen LogP) is 3.27. The number of hydrogen-bond acceptors (Lipinski definition) is 4. The molecule has 0 saturated carbocycles. The first-order chi connectivity index (χ1) is 13.6. The van der Waals surface area contributed by atoms with Crippen molar-refractivity contribution in [2.24, 2.45) is 0 Å². The molecule has 2 amide bonds. The lowest BCUT2D eigenvalue weighted by atomic mass is 9.91. The molecule has 0 unspecified atom stereocenters. The predicted molar refractivity (Wildman–Crippen MR) is 106 cm³/mol. The summed E-state index contributed by atoms with van der Waals surface area (Å²) in [5.74, 6) is -0.315. The summed E-state index contributed by atoms with van der Waals surface area (Å²) in [6.07, 6.45) is 2.95. The third-order valence-electron chi connectivity index (χ3n) is 5.39. The summed E-state index contributed by atoms with van der Waals surface area (Å²) >= 11 is 0. The van der Waals surface area contributed by atoms with Crippen molar-refractivity contribution in [2.45, 2.75) is 25.7 Å². The second-order valence-electron chi connectivity index (χ2n) is 7.22. The molecule has 3 aromatic rings. The van der Waals surface area contributed by atoms with Crippen molar-refractivity contribution in [2.75, 3.05) is 16.8 Å². The van der Waals surface area contributed by atoms with Gasteiger partial charge in [-0.15, -0.1) is 0 Å². The summed E-state index contributed by atoms with van der Waals surface area (Å²) in [6, 6.07) is 11.9. The van der Waals surface area contributed by atoms with E-state index in [0.29, 0.717) is 29.5 Å². The number of para-hydroxylation sites is 1. The normalized spacial score (nSPS) is 15.4. The molecule has 0 aliphatic carbocycles. The van der Waals surface area contributed by atoms with Gasteiger partial charge in [0, 0.05) is 24.7 Å². The number of hydrogen-bond donors (Lipinski definition) is 1. The molecule has 2 aliphatic heterocycles. The molecule has 0 bridgehead atoms. The van der Waals surface area contributed by atoms with Crippen molar-refractivity contribution in [3.05, 3.63) is 69.6 Å². The molecule has 0 spiro atoms. The highest BCUT2D eigenvalue weighted by Gasteiger charge is 2.29. The molecule has 2 aromatic carbocycles. The van der Waals surface area contributed by atoms with Crippen molar-refractivity contribution in [3.8, 4) is 0 Å². The van der Waals surface area contributed by atoms with Crippen molar-refractivity contribution < 1.29 is 14.0 Å². The smallest absolute Gasteiger partial charge is 0.291 e. The number of nitrogens with zero attached hydrogens (tertiary/aromatic N) is 1. The number of nitrogens with one attached hydrogen (secondary N) is 1. The molecule has 140 valence electrons. The zero-order valence-corrected chi connectivity index (χ0v) is 15.2. The SMILES string of the molecule is O=C(Nc1cc2c3c(c1)CCC(=O)N3CCC2)c1cc(=O)c2ccccc2o1. The third kappa shape index (κ3) is 2.69. The van der Waals surface area contributed by atoms with Crippen LogP contribution in [0.15, 0.2) is 51.7 Å². The van der Waals surface area contributed by atoms with E-state index in [9.17, 15) is 14.4 Å². The van der Waals surface area contributed by atoms with Crippen molar-refractivity contribution >= 4 is 34.2 Å². The second-order valence-corrected chi connectivity index (χ2v) is 7.22. The standard InChI is InChI=1S/C22H18N2O4/c25-17-12-19(28-18-6-2-1-5-16(17)18)22(27)23-15-10-13-4-3-9-24-20(26)8-7-14(11-15)21(13)24/h1-2,5-6,10-12H,3-4,7-9H2,(H,23,27). The Kier molecular flexibility index (Phi) is 3.79. The first-order valence-corrected chi connectivity index (χ1v) is 9.40. The van der Waals surface area contributed by atoms with E-state index in [1.165, 1.54) is 6.07 Å². The molecule has 1 N–H and O–H groups in total. The Morgan fingerprint density at radius 3 is 2.64 bits per heavy atom. The van der Waals surface area contributed by atoms with E-state index in [1.54, 1.807) is 24.3 Å². The molecule has 0 atom stereocenters. The third-order valence-corrected chi connectivity index (χ3v) is 5.39. The van der Waals surface area contributed by atoms with Crippen molar-refractivity contribution in [1.82, 2.24) is 0 Å². The van der Waals surface area contributed by atoms with Gasteiger partial charge in [0.15, 0.2) is 11.2 Å². The van der Waals surface area contributed by atoms with Gasteiger partial charge in [-0.05, 0) is 54.7 Å². The molecule has 3 heterocycles. The molecule has 28 heavy (non-hydrogen) atoms. The average molecular weight is 374 g/mol. The molecule has 0 radical (unpaired) electrons. The molecular formula is C22H18N2O4. The van der Waals surface area contributed by atoms with Gasteiger partial charge in [0.05, 0.1) is 11.1 Å². The van der Waals surface area contributed by atoms with Gasteiger partial charge in [-0.1, -0.05) is 12.1 Å². The molecule has 6 nitrogen and oxygen atoms in total. The molecule has 6 heteroatoms. The zero-order valence-electron chi connectivity index (χ0n) is 15.2. The van der Waals surface area contributed by atoms with Crippen LogP contribution in [-0.4, -0.2) is 18.4 Å². The molecule has 5 rings (SSSR count). The molecular weight excluding hydrogens is 356 g/mol. The van der Waals surface area contributed by atoms with Gasteiger partial charge in [-0.25, -0.2) is 0 Å². The van der Waals surface area contributed by atoms with E-state index in [1.807, 2.05) is 17.0 Å². The molecule has 1 aromatic heterocycles. The summed E-state index contributed by atoms with van der Waals surface area (Å²) in [5, 5.41) is 3.30. The minimum Gasteiger partial charge on any atom is -0.451 e. The Hall–Kier alpha value is -3.41. The number of carbonyl (C=O) groups is 2. The van der Waals surface area contributed by atoms with E-state index in [-0.39, 0.29) is 17.1 Å². The fourth-order valence-electron chi connectivity index (χ4n) is 4.13. The summed E-state index contributed by atoms with van der Waals surface area (Å²) < 4.78 is 5.62. The highest BCUT2D eigenvalue weighted by Crippen LogP contribution is 2.37. The maximum atomic E-state index is 12.7. The van der Waals surface area contributed by atoms with E-state index in [4.69, 9.17) is 4.42 Å². The van der Waals surface area contributed by atoms with E-state index < -0.39 is 5.91 Å². The Balaban J connectivity index is 1.49. The topological polar surface area (TPSA) is 79.6 Å². The Morgan fingerprint density at radius 2 is 1.79 bits per heavy atom. The highest BCUT2D eigenvalue weighted by molar-refractivity contribution is 6.04. The molecule has 0 saturated heterocycles. The number of anilines is 2. The van der Waals surface area contributed by atoms with E-state index >= 15 is 0 Å². The van der Waals surface area contributed by atoms with Gasteiger partial charge < -0.3 is 14.6 Å². The van der Waals surface area contributed by atoms with Gasteiger partial charge in [0.1, 0.15) is 5.58 Å². The largest absolute Gasteiger partial charge is 0.451 e. The Labute approximate surface area is 160 Å². The number of aryl methyl sites for hydroxylation is 2. The van der Waals surface area contributed by atoms with Gasteiger partial charge in [0.25, 0.3) is 5.91 Å². The van der Waals surface area contributed by atoms with Gasteiger partial charge in [-0.3, -0.25) is 14.4 Å². The molecule has 0 fully saturated rings. The lowest BCUT2D eigenvalue weighted by Crippen LogP contribution is -2.39. The first kappa shape index (κ1) is 16.7. The maximum Gasteiger partial charge on any atom is 0.291 e. The number of amides is 2. The van der Waals surface area contributed by atoms with Crippen LogP contribution < -0.4 is 15.6 Å². The summed E-state index contributed by atoms with van der Waals surface area (Å²) in [7, 11) is 0. The first-order valence-electron chi connectivity index (χ1n) is 9.40. The van der Waals surface area contributed by atoms with Crippen LogP contribution in [0.5, 0.6) is 0 Å². The maximum absolute atomic E-state index is 12.7. The van der Waals surface area contributed by atoms with Crippen LogP contribution in [0.1, 0.15) is 34.5 Å². The number of rotatable bonds is 2. The summed E-state index contributed by atoms with van der Waals surface area (Å²) in [4.78, 5) is 39.0. The zero-order chi connectivity index (χ0) is 19.3. The van der Waals surface area contributed by atoms with Crippen LogP contribution >= 0.6 is 0 Å². The lowest BCUT2D eigenvalue weighted by molar-refractivity contribution is -0.119. The highest BCUT2D eigenvalue weighted by atomic mass is 16.3. The average Bonchev–Trinajstić information content (AvgIpc) is 2.70. The minimum absolute atomic E-state index is 0.0214.